The van der Waals surface area contributed by atoms with E-state index in [1.54, 1.807) is 6.92 Å². The maximum absolute atomic E-state index is 10.7. The average molecular weight is 298 g/mol. The molecular formula is C13H12ClNOS2. The third kappa shape index (κ3) is 3.83. The van der Waals surface area contributed by atoms with Crippen LogP contribution in [0.25, 0.3) is 16.3 Å². The predicted octanol–water partition coefficient (Wildman–Crippen LogP) is 4.63. The van der Waals surface area contributed by atoms with Crippen LogP contribution in [0.5, 0.6) is 0 Å². The smallest absolute Gasteiger partial charge is 0.185 e. The molecule has 1 aromatic heterocycles. The summed E-state index contributed by atoms with van der Waals surface area (Å²) in [7, 11) is 0. The molecule has 2 nitrogen and oxygen atoms in total. The Bertz CT molecular complexity index is 592. The molecule has 0 aliphatic heterocycles. The van der Waals surface area contributed by atoms with Gasteiger partial charge in [-0.1, -0.05) is 41.6 Å². The number of carbonyl (C=O) groups is 1. The van der Waals surface area contributed by atoms with Crippen molar-refractivity contribution in [2.45, 2.75) is 13.3 Å². The summed E-state index contributed by atoms with van der Waals surface area (Å²) in [5, 5.41) is 0.170. The first-order chi connectivity index (χ1) is 8.65. The largest absolute Gasteiger partial charge is 0.288 e. The van der Waals surface area contributed by atoms with Crippen molar-refractivity contribution in [3.8, 4) is 0 Å². The number of nitrogens with zero attached hydrogens (tertiary/aromatic N) is 1. The molecule has 0 saturated carbocycles. The fourth-order valence-electron chi connectivity index (χ4n) is 1.51. The summed E-state index contributed by atoms with van der Waals surface area (Å²) in [6.45, 7) is 1.59. The maximum atomic E-state index is 10.7. The van der Waals surface area contributed by atoms with Crippen LogP contribution in [0, 0.1) is 0 Å². The molecule has 2 aromatic rings. The molecule has 0 amide bonds. The van der Waals surface area contributed by atoms with Crippen molar-refractivity contribution in [2.75, 3.05) is 5.75 Å². The van der Waals surface area contributed by atoms with Crippen molar-refractivity contribution in [3.05, 3.63) is 34.3 Å². The minimum absolute atomic E-state index is 0.170. The molecule has 0 aliphatic carbocycles. The lowest BCUT2D eigenvalue weighted by Gasteiger charge is -1.94. The molecule has 0 radical (unpaired) electrons. The molecule has 0 unspecified atom stereocenters. The van der Waals surface area contributed by atoms with Gasteiger partial charge in [-0.25, -0.2) is 4.98 Å². The minimum atomic E-state index is 0.170. The Morgan fingerprint density at radius 2 is 2.39 bits per heavy atom. The van der Waals surface area contributed by atoms with Crippen LogP contribution in [0.3, 0.4) is 0 Å². The number of halogens is 1. The highest BCUT2D eigenvalue weighted by atomic mass is 35.5. The van der Waals surface area contributed by atoms with Gasteiger partial charge in [0.25, 0.3) is 0 Å². The van der Waals surface area contributed by atoms with Crippen LogP contribution in [0.1, 0.15) is 18.9 Å². The van der Waals surface area contributed by atoms with E-state index < -0.39 is 0 Å². The van der Waals surface area contributed by atoms with E-state index in [1.807, 2.05) is 12.1 Å². The molecule has 5 heteroatoms. The molecule has 94 valence electrons. The van der Waals surface area contributed by atoms with Gasteiger partial charge >= 0.3 is 0 Å². The van der Waals surface area contributed by atoms with Crippen molar-refractivity contribution in [3.63, 3.8) is 0 Å². The molecule has 2 rings (SSSR count). The molecule has 0 aliphatic rings. The lowest BCUT2D eigenvalue weighted by Crippen LogP contribution is -1.83. The van der Waals surface area contributed by atoms with Gasteiger partial charge in [0.05, 0.1) is 10.2 Å². The molecule has 1 aromatic carbocycles. The Morgan fingerprint density at radius 3 is 3.17 bits per heavy atom. The molecule has 0 N–H and O–H groups in total. The first-order valence-electron chi connectivity index (χ1n) is 5.51. The van der Waals surface area contributed by atoms with Crippen LogP contribution in [0.2, 0.25) is 4.47 Å². The van der Waals surface area contributed by atoms with Crippen LogP contribution >= 0.6 is 34.7 Å². The van der Waals surface area contributed by atoms with E-state index in [2.05, 4.69) is 23.2 Å². The summed E-state index contributed by atoms with van der Waals surface area (Å²) in [6, 6.07) is 6.07. The molecule has 0 spiro atoms. The van der Waals surface area contributed by atoms with Gasteiger partial charge in [-0.2, -0.15) is 0 Å². The van der Waals surface area contributed by atoms with E-state index >= 15 is 0 Å². The number of hydrogen-bond donors (Lipinski definition) is 0. The normalized spacial score (nSPS) is 11.4. The standard InChI is InChI=1S/C13H12ClNOS2/c1-9(16)17-7-3-2-4-10-5-6-11-12(8-10)18-13(14)15-11/h2,4-6,8H,3,7H2,1H3. The number of allylic oxidation sites excluding steroid dienone is 1. The third-order valence-electron chi connectivity index (χ3n) is 2.29. The highest BCUT2D eigenvalue weighted by Gasteiger charge is 2.01. The van der Waals surface area contributed by atoms with Crippen LogP contribution < -0.4 is 0 Å². The van der Waals surface area contributed by atoms with Crippen LogP contribution in [-0.4, -0.2) is 15.9 Å². The van der Waals surface area contributed by atoms with Gasteiger partial charge in [0.2, 0.25) is 0 Å². The quantitative estimate of drug-likeness (QED) is 0.771. The fourth-order valence-corrected chi connectivity index (χ4v) is 3.13. The predicted molar refractivity (Wildman–Crippen MR) is 81.4 cm³/mol. The van der Waals surface area contributed by atoms with Crippen LogP contribution in [-0.2, 0) is 4.79 Å². The van der Waals surface area contributed by atoms with Gasteiger partial charge in [0.1, 0.15) is 0 Å². The summed E-state index contributed by atoms with van der Waals surface area (Å²) >= 11 is 8.71. The van der Waals surface area contributed by atoms with E-state index in [0.717, 1.165) is 28.0 Å². The zero-order valence-electron chi connectivity index (χ0n) is 9.85. The Kier molecular flexibility index (Phi) is 4.80. The summed E-state index contributed by atoms with van der Waals surface area (Å²) in [5.41, 5.74) is 2.07. The second-order valence-corrected chi connectivity index (χ2v) is 6.61. The van der Waals surface area contributed by atoms with E-state index in [-0.39, 0.29) is 5.12 Å². The van der Waals surface area contributed by atoms with E-state index in [1.165, 1.54) is 23.1 Å². The molecule has 0 saturated heterocycles. The number of fused-ring (bicyclic) bond motifs is 1. The highest BCUT2D eigenvalue weighted by molar-refractivity contribution is 8.13. The molecule has 0 bridgehead atoms. The average Bonchev–Trinajstić information content (AvgIpc) is 2.67. The van der Waals surface area contributed by atoms with Crippen molar-refractivity contribution in [1.82, 2.24) is 4.98 Å². The molecule has 18 heavy (non-hydrogen) atoms. The van der Waals surface area contributed by atoms with Gasteiger partial charge < -0.3 is 0 Å². The highest BCUT2D eigenvalue weighted by Crippen LogP contribution is 2.26. The van der Waals surface area contributed by atoms with E-state index in [4.69, 9.17) is 11.6 Å². The lowest BCUT2D eigenvalue weighted by atomic mass is 10.2. The fraction of sp³-hybridized carbons (Fsp3) is 0.231. The van der Waals surface area contributed by atoms with Crippen molar-refractivity contribution < 1.29 is 4.79 Å². The van der Waals surface area contributed by atoms with Crippen molar-refractivity contribution in [1.29, 1.82) is 0 Å². The number of hydrogen-bond acceptors (Lipinski definition) is 4. The number of rotatable bonds is 4. The van der Waals surface area contributed by atoms with Crippen molar-refractivity contribution in [2.24, 2.45) is 0 Å². The van der Waals surface area contributed by atoms with E-state index in [0.29, 0.717) is 4.47 Å². The first kappa shape index (κ1) is 13.6. The number of benzene rings is 1. The zero-order valence-corrected chi connectivity index (χ0v) is 12.2. The Balaban J connectivity index is 1.98. The molecule has 0 fully saturated rings. The molecule has 0 atom stereocenters. The SMILES string of the molecule is CC(=O)SCCC=Cc1ccc2nc(Cl)sc2c1. The molecular weight excluding hydrogens is 286 g/mol. The Morgan fingerprint density at radius 1 is 1.56 bits per heavy atom. The second kappa shape index (κ2) is 6.36. The van der Waals surface area contributed by atoms with Gasteiger partial charge in [0, 0.05) is 12.7 Å². The molecule has 1 heterocycles. The van der Waals surface area contributed by atoms with Crippen LogP contribution in [0.4, 0.5) is 0 Å². The van der Waals surface area contributed by atoms with Gasteiger partial charge in [0.15, 0.2) is 9.58 Å². The number of carbonyl (C=O) groups excluding carboxylic acids is 1. The zero-order chi connectivity index (χ0) is 13.0. The summed E-state index contributed by atoms with van der Waals surface area (Å²) in [6.07, 6.45) is 5.04. The minimum Gasteiger partial charge on any atom is -0.288 e. The van der Waals surface area contributed by atoms with Gasteiger partial charge in [-0.15, -0.1) is 11.3 Å². The summed E-state index contributed by atoms with van der Waals surface area (Å²) in [5.74, 6) is 0.834. The van der Waals surface area contributed by atoms with Gasteiger partial charge in [-0.05, 0) is 24.1 Å². The Labute approximate surface area is 119 Å². The lowest BCUT2D eigenvalue weighted by molar-refractivity contribution is -0.109. The van der Waals surface area contributed by atoms with E-state index in [9.17, 15) is 4.79 Å². The summed E-state index contributed by atoms with van der Waals surface area (Å²) < 4.78 is 1.67. The monoisotopic (exact) mass is 297 g/mol. The Hall–Kier alpha value is -0.840. The number of aromatic nitrogens is 1. The topological polar surface area (TPSA) is 30.0 Å². The van der Waals surface area contributed by atoms with Crippen molar-refractivity contribution >= 4 is 56.1 Å². The third-order valence-corrected chi connectivity index (χ3v) is 4.26. The first-order valence-corrected chi connectivity index (χ1v) is 7.69. The summed E-state index contributed by atoms with van der Waals surface area (Å²) in [4.78, 5) is 14.9. The maximum Gasteiger partial charge on any atom is 0.185 e. The van der Waals surface area contributed by atoms with Crippen LogP contribution in [0.15, 0.2) is 24.3 Å². The number of thioether (sulfide) groups is 1. The number of thiazole rings is 1. The van der Waals surface area contributed by atoms with Gasteiger partial charge in [-0.3, -0.25) is 4.79 Å². The second-order valence-electron chi connectivity index (χ2n) is 3.73.